The number of quaternary nitrogens is 1. The van der Waals surface area contributed by atoms with Crippen LogP contribution in [0.5, 0.6) is 0 Å². The van der Waals surface area contributed by atoms with E-state index in [0.717, 1.165) is 0 Å². The first-order chi connectivity index (χ1) is 16.2. The Labute approximate surface area is 195 Å². The lowest BCUT2D eigenvalue weighted by atomic mass is 10.2. The van der Waals surface area contributed by atoms with Crippen molar-refractivity contribution in [1.82, 2.24) is 0 Å². The molecule has 34 heavy (non-hydrogen) atoms. The molecule has 1 unspecified atom stereocenters. The fourth-order valence-electron chi connectivity index (χ4n) is 2.06. The highest BCUT2D eigenvalue weighted by atomic mass is 19.3. The molecule has 1 aliphatic rings. The van der Waals surface area contributed by atoms with E-state index in [1.807, 2.05) is 0 Å². The quantitative estimate of drug-likeness (QED) is 0.334. The number of hydrogen-bond donors (Lipinski definition) is 0. The number of carbonyl (C=O) groups excluding carboxylic acids is 1. The molecule has 6 heteroatoms. The second-order valence-electron chi connectivity index (χ2n) is 5.66. The Morgan fingerprint density at radius 1 is 0.676 bits per heavy atom. The third-order valence-corrected chi connectivity index (χ3v) is 3.59. The molecule has 1 atom stereocenters. The third kappa shape index (κ3) is 7.64. The summed E-state index contributed by atoms with van der Waals surface area (Å²) < 4.78 is 52.4. The SMILES string of the molecule is C#CC#CC#CC#CC#CC#CC#CC#CC#CC#CC#C[N+]1(CC)CC(F)(F)C(F)(F)C1=O. The summed E-state index contributed by atoms with van der Waals surface area (Å²) in [5, 5.41) is 0. The molecular weight excluding hydrogens is 442 g/mol. The second kappa shape index (κ2) is 13.0. The van der Waals surface area contributed by atoms with E-state index in [1.165, 1.54) is 6.92 Å². The molecule has 1 rings (SSSR count). The minimum atomic E-state index is -4.78. The molecule has 0 aliphatic carbocycles. The van der Waals surface area contributed by atoms with E-state index in [-0.39, 0.29) is 6.54 Å². The van der Waals surface area contributed by atoms with Crippen LogP contribution in [0.3, 0.4) is 0 Å². The Bertz CT molecular complexity index is 1560. The first-order valence-electron chi connectivity index (χ1n) is 8.89. The molecule has 0 radical (unpaired) electrons. The van der Waals surface area contributed by atoms with Gasteiger partial charge in [-0.25, -0.2) is 4.79 Å². The van der Waals surface area contributed by atoms with Gasteiger partial charge in [-0.15, -0.1) is 6.42 Å². The molecule has 158 valence electrons. The molecule has 0 aromatic heterocycles. The van der Waals surface area contributed by atoms with Gasteiger partial charge in [-0.3, -0.25) is 0 Å². The van der Waals surface area contributed by atoms with Crippen LogP contribution in [-0.2, 0) is 4.79 Å². The van der Waals surface area contributed by atoms with E-state index in [4.69, 9.17) is 6.42 Å². The molecule has 1 aliphatic heterocycles. The molecule has 1 saturated heterocycles. The van der Waals surface area contributed by atoms with Gasteiger partial charge in [0.15, 0.2) is 12.6 Å². The molecule has 0 aromatic rings. The van der Waals surface area contributed by atoms with Crippen molar-refractivity contribution in [3.63, 3.8) is 0 Å². The molecule has 0 N–H and O–H groups in total. The van der Waals surface area contributed by atoms with Crippen LogP contribution in [0.2, 0.25) is 0 Å². The van der Waals surface area contributed by atoms with Crippen molar-refractivity contribution in [3.05, 3.63) is 0 Å². The molecule has 2 nitrogen and oxygen atoms in total. The van der Waals surface area contributed by atoms with Gasteiger partial charge in [0.2, 0.25) is 0 Å². The predicted molar refractivity (Wildman–Crippen MR) is 117 cm³/mol. The summed E-state index contributed by atoms with van der Waals surface area (Å²) in [6.07, 6.45) is 4.90. The zero-order chi connectivity index (χ0) is 25.3. The molecule has 0 aromatic carbocycles. The highest BCUT2D eigenvalue weighted by Crippen LogP contribution is 2.45. The zero-order valence-corrected chi connectivity index (χ0v) is 17.4. The van der Waals surface area contributed by atoms with E-state index in [0.29, 0.717) is 0 Å². The first kappa shape index (κ1) is 26.5. The third-order valence-electron chi connectivity index (χ3n) is 3.59. The van der Waals surface area contributed by atoms with Crippen LogP contribution in [0.25, 0.3) is 0 Å². The number of hydrogen-bond acceptors (Lipinski definition) is 1. The van der Waals surface area contributed by atoms with Crippen molar-refractivity contribution in [2.24, 2.45) is 0 Å². The molecule has 0 spiro atoms. The number of nitrogens with zero attached hydrogens (tertiary/aromatic N) is 1. The monoisotopic (exact) mass is 450 g/mol. The summed E-state index contributed by atoms with van der Waals surface area (Å²) in [4.78, 5) is 11.7. The summed E-state index contributed by atoms with van der Waals surface area (Å²) in [6.45, 7) is -0.468. The van der Waals surface area contributed by atoms with Crippen molar-refractivity contribution in [1.29, 1.82) is 0 Å². The van der Waals surface area contributed by atoms with Crippen LogP contribution in [0, 0.1) is 131 Å². The van der Waals surface area contributed by atoms with Gasteiger partial charge in [-0.2, -0.15) is 22.0 Å². The van der Waals surface area contributed by atoms with Crippen molar-refractivity contribution in [3.8, 4) is 131 Å². The molecular formula is C28H8F4NO+. The van der Waals surface area contributed by atoms with Crippen molar-refractivity contribution in [2.75, 3.05) is 13.1 Å². The van der Waals surface area contributed by atoms with Crippen LogP contribution in [-0.4, -0.2) is 35.3 Å². The smallest absolute Gasteiger partial charge is 0.222 e. The first-order valence-corrected chi connectivity index (χ1v) is 8.89. The van der Waals surface area contributed by atoms with E-state index in [2.05, 4.69) is 124 Å². The van der Waals surface area contributed by atoms with Crippen molar-refractivity contribution in [2.45, 2.75) is 18.8 Å². The van der Waals surface area contributed by atoms with Gasteiger partial charge in [0.25, 0.3) is 0 Å². The van der Waals surface area contributed by atoms with Gasteiger partial charge in [0.1, 0.15) is 0 Å². The molecule has 0 saturated carbocycles. The van der Waals surface area contributed by atoms with Crippen LogP contribution >= 0.6 is 0 Å². The Hall–Kier alpha value is -5.49. The number of carbonyl (C=O) groups is 1. The Kier molecular flexibility index (Phi) is 10.2. The maximum atomic E-state index is 13.5. The maximum absolute atomic E-state index is 13.5. The number of terminal acetylenes is 1. The average molecular weight is 450 g/mol. The topological polar surface area (TPSA) is 17.1 Å². The summed E-state index contributed by atoms with van der Waals surface area (Å²) in [6, 6.07) is 2.09. The van der Waals surface area contributed by atoms with Gasteiger partial charge < -0.3 is 0 Å². The normalized spacial score (nSPS) is 16.4. The van der Waals surface area contributed by atoms with Crippen LogP contribution in [0.15, 0.2) is 0 Å². The van der Waals surface area contributed by atoms with Gasteiger partial charge in [-0.1, -0.05) is 0 Å². The van der Waals surface area contributed by atoms with E-state index in [9.17, 15) is 22.4 Å². The van der Waals surface area contributed by atoms with E-state index >= 15 is 0 Å². The molecule has 1 fully saturated rings. The zero-order valence-electron chi connectivity index (χ0n) is 17.4. The lowest BCUT2D eigenvalue weighted by molar-refractivity contribution is -0.782. The van der Waals surface area contributed by atoms with Gasteiger partial charge >= 0.3 is 17.8 Å². The summed E-state index contributed by atoms with van der Waals surface area (Å²) in [7, 11) is 0. The average Bonchev–Trinajstić information content (AvgIpc) is 2.94. The fourth-order valence-corrected chi connectivity index (χ4v) is 2.06. The van der Waals surface area contributed by atoms with Crippen LogP contribution < -0.4 is 0 Å². The highest BCUT2D eigenvalue weighted by molar-refractivity contribution is 5.81. The van der Waals surface area contributed by atoms with Gasteiger partial charge in [-0.05, 0) is 54.3 Å². The van der Waals surface area contributed by atoms with Crippen molar-refractivity contribution >= 4 is 5.91 Å². The van der Waals surface area contributed by atoms with Gasteiger partial charge in [0.05, 0.1) is 12.5 Å². The Morgan fingerprint density at radius 2 is 1.00 bits per heavy atom. The van der Waals surface area contributed by atoms with E-state index in [1.54, 1.807) is 0 Å². The minimum absolute atomic E-state index is 0.353. The van der Waals surface area contributed by atoms with Crippen LogP contribution in [0.4, 0.5) is 17.6 Å². The summed E-state index contributed by atoms with van der Waals surface area (Å²) in [5.41, 5.74) is 0. The Morgan fingerprint density at radius 3 is 1.26 bits per heavy atom. The number of alkyl halides is 4. The molecule has 1 heterocycles. The van der Waals surface area contributed by atoms with Crippen LogP contribution in [0.1, 0.15) is 6.92 Å². The largest absolute Gasteiger partial charge is 0.428 e. The van der Waals surface area contributed by atoms with Crippen molar-refractivity contribution < 1.29 is 26.8 Å². The molecule has 1 amide bonds. The highest BCUT2D eigenvalue weighted by Gasteiger charge is 2.78. The summed E-state index contributed by atoms with van der Waals surface area (Å²) in [5.74, 6) is 35.5. The second-order valence-corrected chi connectivity index (χ2v) is 5.66. The number of halogens is 4. The van der Waals surface area contributed by atoms with Gasteiger partial charge in [0, 0.05) is 65.1 Å². The lowest BCUT2D eigenvalue weighted by Gasteiger charge is -2.19. The maximum Gasteiger partial charge on any atom is 0.428 e. The Balaban J connectivity index is 2.67. The predicted octanol–water partition coefficient (Wildman–Crippen LogP) is 1.26. The summed E-state index contributed by atoms with van der Waals surface area (Å²) >= 11 is 0. The number of amides is 1. The standard InChI is InChI=1S/C28H8F4NO/c1-3-5-6-7-8-9-10-11-12-13-14-15-16-17-18-19-20-21-22-23-24-33(4-2)25-27(29,30)28(31,32)26(33)34/h1H,4,25H2,2H3/q+1. The number of likely N-dealkylation sites (tertiary alicyclic amines) is 1. The number of rotatable bonds is 1. The van der Waals surface area contributed by atoms with E-state index < -0.39 is 28.8 Å². The lowest BCUT2D eigenvalue weighted by Crippen LogP contribution is -2.48. The minimum Gasteiger partial charge on any atom is -0.222 e. The molecule has 0 bridgehead atoms. The fraction of sp³-hybridized carbons (Fsp3) is 0.179.